The van der Waals surface area contributed by atoms with Gasteiger partial charge in [-0.3, -0.25) is 5.10 Å². The molecule has 2 aromatic rings. The second-order valence-corrected chi connectivity index (χ2v) is 3.31. The van der Waals surface area contributed by atoms with Gasteiger partial charge >= 0.3 is 5.97 Å². The summed E-state index contributed by atoms with van der Waals surface area (Å²) in [6.45, 7) is 0. The lowest BCUT2D eigenvalue weighted by Gasteiger charge is -1.98. The molecule has 0 amide bonds. The molecule has 16 heavy (non-hydrogen) atoms. The van der Waals surface area contributed by atoms with E-state index in [1.165, 1.54) is 18.6 Å². The van der Waals surface area contributed by atoms with E-state index in [1.807, 2.05) is 0 Å². The van der Waals surface area contributed by atoms with Gasteiger partial charge in [-0.25, -0.2) is 14.8 Å². The summed E-state index contributed by atoms with van der Waals surface area (Å²) in [5, 5.41) is 6.87. The predicted molar refractivity (Wildman–Crippen MR) is 55.9 cm³/mol. The van der Waals surface area contributed by atoms with Crippen LogP contribution in [0, 0.1) is 0 Å². The van der Waals surface area contributed by atoms with Gasteiger partial charge in [0, 0.05) is 18.0 Å². The number of carbonyl (C=O) groups is 1. The fraction of sp³-hybridized carbons (Fsp3) is 0. The minimum Gasteiger partial charge on any atom is -0.341 e. The van der Waals surface area contributed by atoms with Crippen LogP contribution in [0.3, 0.4) is 0 Å². The van der Waals surface area contributed by atoms with Crippen LogP contribution in [0.15, 0.2) is 18.6 Å². The third-order valence-electron chi connectivity index (χ3n) is 1.79. The zero-order valence-corrected chi connectivity index (χ0v) is 9.16. The van der Waals surface area contributed by atoms with E-state index in [9.17, 15) is 4.79 Å². The molecule has 0 unspecified atom stereocenters. The van der Waals surface area contributed by atoms with E-state index in [4.69, 9.17) is 23.5 Å². The molecule has 8 heteroatoms. The largest absolute Gasteiger partial charge is 0.394 e. The molecule has 2 heterocycles. The van der Waals surface area contributed by atoms with E-state index in [1.54, 1.807) is 0 Å². The number of hydrogen-bond donors (Lipinski definition) is 1. The van der Waals surface area contributed by atoms with Gasteiger partial charge in [0.2, 0.25) is 5.82 Å². The second kappa shape index (κ2) is 4.46. The van der Waals surface area contributed by atoms with Crippen LogP contribution in [-0.4, -0.2) is 26.1 Å². The fourth-order valence-electron chi connectivity index (χ4n) is 1.07. The molecule has 2 rings (SSSR count). The minimum absolute atomic E-state index is 0.130. The summed E-state index contributed by atoms with van der Waals surface area (Å²) in [6, 6.07) is 0. The first-order chi connectivity index (χ1) is 7.72. The second-order valence-electron chi connectivity index (χ2n) is 2.75. The highest BCUT2D eigenvalue weighted by Crippen LogP contribution is 2.23. The van der Waals surface area contributed by atoms with E-state index >= 15 is 0 Å². The third kappa shape index (κ3) is 1.98. The lowest BCUT2D eigenvalue weighted by molar-refractivity contribution is 0.0738. The molecule has 0 saturated heterocycles. The average molecular weight is 259 g/mol. The van der Waals surface area contributed by atoms with E-state index in [0.717, 1.165) is 0 Å². The van der Waals surface area contributed by atoms with Crippen molar-refractivity contribution in [2.45, 2.75) is 0 Å². The minimum atomic E-state index is -0.816. The molecule has 0 aromatic carbocycles. The van der Waals surface area contributed by atoms with Crippen LogP contribution in [0.1, 0.15) is 10.6 Å². The molecule has 0 spiro atoms. The van der Waals surface area contributed by atoms with Crippen molar-refractivity contribution < 1.29 is 9.08 Å². The maximum atomic E-state index is 11.0. The molecule has 82 valence electrons. The summed E-state index contributed by atoms with van der Waals surface area (Å²) in [5.41, 5.74) is 1.18. The average Bonchev–Trinajstić information content (AvgIpc) is 2.75. The summed E-state index contributed by atoms with van der Waals surface area (Å²) in [5.74, 6) is -0.946. The number of hydrogen-bond acceptors (Lipinski definition) is 5. The molecule has 0 aliphatic heterocycles. The van der Waals surface area contributed by atoms with Gasteiger partial charge in [-0.05, 0) is 0 Å². The van der Waals surface area contributed by atoms with Crippen LogP contribution in [0.2, 0.25) is 5.02 Å². The van der Waals surface area contributed by atoms with Gasteiger partial charge in [0.15, 0.2) is 0 Å². The normalized spacial score (nSPS) is 10.1. The van der Waals surface area contributed by atoms with E-state index < -0.39 is 5.97 Å². The first kappa shape index (κ1) is 10.8. The molecule has 2 aromatic heterocycles. The van der Waals surface area contributed by atoms with Crippen molar-refractivity contribution in [2.75, 3.05) is 0 Å². The Morgan fingerprint density at radius 3 is 2.50 bits per heavy atom. The fourth-order valence-corrected chi connectivity index (χ4v) is 1.34. The van der Waals surface area contributed by atoms with Crippen molar-refractivity contribution in [3.8, 4) is 11.3 Å². The van der Waals surface area contributed by atoms with Gasteiger partial charge in [0.05, 0.1) is 16.9 Å². The van der Waals surface area contributed by atoms with Gasteiger partial charge in [-0.2, -0.15) is 5.10 Å². The standard InChI is InChI=1S/C8H4Cl2N4O2/c9-5-3-13-14-6(5)4-1-11-7(12-2-4)8(15)16-10/h1-3H,(H,13,14). The number of halogens is 2. The molecular formula is C8H4Cl2N4O2. The monoisotopic (exact) mass is 258 g/mol. The Kier molecular flexibility index (Phi) is 3.02. The lowest BCUT2D eigenvalue weighted by atomic mass is 10.2. The maximum Gasteiger partial charge on any atom is 0.394 e. The van der Waals surface area contributed by atoms with Crippen molar-refractivity contribution in [3.05, 3.63) is 29.4 Å². The number of nitrogens with one attached hydrogen (secondary N) is 1. The predicted octanol–water partition coefficient (Wildman–Crippen LogP) is 1.83. The molecule has 0 radical (unpaired) electrons. The molecule has 0 atom stereocenters. The first-order valence-electron chi connectivity index (χ1n) is 4.06. The van der Waals surface area contributed by atoms with Crippen LogP contribution in [0.5, 0.6) is 0 Å². The summed E-state index contributed by atoms with van der Waals surface area (Å²) >= 11 is 10.7. The van der Waals surface area contributed by atoms with Crippen molar-refractivity contribution in [1.82, 2.24) is 20.2 Å². The number of nitrogens with zero attached hydrogens (tertiary/aromatic N) is 3. The highest BCUT2D eigenvalue weighted by molar-refractivity contribution is 6.32. The Morgan fingerprint density at radius 1 is 1.31 bits per heavy atom. The van der Waals surface area contributed by atoms with Crippen LogP contribution in [0.4, 0.5) is 0 Å². The summed E-state index contributed by atoms with van der Waals surface area (Å²) in [7, 11) is 0. The number of aromatic nitrogens is 4. The van der Waals surface area contributed by atoms with Gasteiger partial charge < -0.3 is 4.29 Å². The lowest BCUT2D eigenvalue weighted by Crippen LogP contribution is -2.04. The number of rotatable bonds is 2. The molecule has 6 nitrogen and oxygen atoms in total. The van der Waals surface area contributed by atoms with Crippen molar-refractivity contribution in [2.24, 2.45) is 0 Å². The number of carbonyl (C=O) groups excluding carboxylic acids is 1. The van der Waals surface area contributed by atoms with Gasteiger partial charge in [0.25, 0.3) is 0 Å². The zero-order valence-electron chi connectivity index (χ0n) is 7.65. The van der Waals surface area contributed by atoms with Crippen molar-refractivity contribution in [1.29, 1.82) is 0 Å². The quantitative estimate of drug-likeness (QED) is 0.889. The third-order valence-corrected chi connectivity index (χ3v) is 2.21. The van der Waals surface area contributed by atoms with Gasteiger partial charge in [-0.15, -0.1) is 0 Å². The van der Waals surface area contributed by atoms with Crippen LogP contribution in [0.25, 0.3) is 11.3 Å². The summed E-state index contributed by atoms with van der Waals surface area (Å²) in [6.07, 6.45) is 4.28. The molecule has 0 aliphatic rings. The van der Waals surface area contributed by atoms with E-state index in [0.29, 0.717) is 16.3 Å². The Bertz CT molecular complexity index is 511. The van der Waals surface area contributed by atoms with Crippen LogP contribution < -0.4 is 0 Å². The molecule has 0 fully saturated rings. The van der Waals surface area contributed by atoms with Crippen LogP contribution >= 0.6 is 23.5 Å². The van der Waals surface area contributed by atoms with Crippen LogP contribution in [-0.2, 0) is 4.29 Å². The Hall–Kier alpha value is -1.66. The SMILES string of the molecule is O=C(OCl)c1ncc(-c2[nH]ncc2Cl)cn1. The Labute approximate surface area is 99.7 Å². The summed E-state index contributed by atoms with van der Waals surface area (Å²) < 4.78 is 3.95. The maximum absolute atomic E-state index is 11.0. The number of aromatic amines is 1. The molecule has 0 saturated carbocycles. The Balaban J connectivity index is 2.33. The highest BCUT2D eigenvalue weighted by Gasteiger charge is 2.12. The molecular weight excluding hydrogens is 255 g/mol. The number of H-pyrrole nitrogens is 1. The van der Waals surface area contributed by atoms with Crippen molar-refractivity contribution >= 4 is 29.4 Å². The van der Waals surface area contributed by atoms with Gasteiger partial charge in [0.1, 0.15) is 11.9 Å². The van der Waals surface area contributed by atoms with Gasteiger partial charge in [-0.1, -0.05) is 11.6 Å². The Morgan fingerprint density at radius 2 is 2.00 bits per heavy atom. The van der Waals surface area contributed by atoms with Crippen molar-refractivity contribution in [3.63, 3.8) is 0 Å². The molecule has 0 aliphatic carbocycles. The molecule has 0 bridgehead atoms. The molecule has 1 N–H and O–H groups in total. The first-order valence-corrected chi connectivity index (χ1v) is 4.75. The van der Waals surface area contributed by atoms with E-state index in [2.05, 4.69) is 24.5 Å². The smallest absolute Gasteiger partial charge is 0.341 e. The highest BCUT2D eigenvalue weighted by atomic mass is 35.5. The topological polar surface area (TPSA) is 80.8 Å². The van der Waals surface area contributed by atoms with E-state index in [-0.39, 0.29) is 5.82 Å². The summed E-state index contributed by atoms with van der Waals surface area (Å²) in [4.78, 5) is 18.5. The zero-order chi connectivity index (χ0) is 11.5.